The van der Waals surface area contributed by atoms with Crippen molar-refractivity contribution in [2.75, 3.05) is 0 Å². The summed E-state index contributed by atoms with van der Waals surface area (Å²) in [6, 6.07) is 5.87. The van der Waals surface area contributed by atoms with E-state index in [2.05, 4.69) is 48.6 Å². The van der Waals surface area contributed by atoms with Gasteiger partial charge in [0.1, 0.15) is 11.6 Å². The molecule has 0 aliphatic carbocycles. The number of carbonyl (C=O) groups is 1. The molecule has 0 radical (unpaired) electrons. The van der Waals surface area contributed by atoms with Crippen LogP contribution in [0.2, 0.25) is 0 Å². The second kappa shape index (κ2) is 7.66. The van der Waals surface area contributed by atoms with E-state index in [0.29, 0.717) is 6.54 Å². The van der Waals surface area contributed by atoms with Crippen molar-refractivity contribution in [1.82, 2.24) is 20.9 Å². The fourth-order valence-electron chi connectivity index (χ4n) is 3.57. The number of aromatic nitrogens is 1. The van der Waals surface area contributed by atoms with Crippen molar-refractivity contribution in [3.63, 3.8) is 0 Å². The third-order valence-electron chi connectivity index (χ3n) is 4.19. The smallest absolute Gasteiger partial charge is 0.263 e. The summed E-state index contributed by atoms with van der Waals surface area (Å²) in [5, 5.41) is 18.9. The molecule has 6 heteroatoms. The molecule has 3 N–H and O–H groups in total. The van der Waals surface area contributed by atoms with Gasteiger partial charge < -0.3 is 16.0 Å². The molecule has 2 rings (SSSR count). The molecule has 0 saturated carbocycles. The second-order valence-corrected chi connectivity index (χ2v) is 7.88. The largest absolute Gasteiger partial charge is 0.387 e. The number of rotatable bonds is 5. The van der Waals surface area contributed by atoms with Crippen molar-refractivity contribution >= 4 is 5.91 Å². The average Bonchev–Trinajstić information content (AvgIpc) is 2.51. The first-order chi connectivity index (χ1) is 11.7. The van der Waals surface area contributed by atoms with E-state index in [4.69, 9.17) is 0 Å². The van der Waals surface area contributed by atoms with Crippen molar-refractivity contribution in [1.29, 1.82) is 5.26 Å². The third kappa shape index (κ3) is 5.87. The summed E-state index contributed by atoms with van der Waals surface area (Å²) in [5.41, 5.74) is 0.978. The summed E-state index contributed by atoms with van der Waals surface area (Å²) in [5.74, 6) is -0.383. The highest BCUT2D eigenvalue weighted by atomic mass is 16.1. The summed E-state index contributed by atoms with van der Waals surface area (Å²) in [7, 11) is 0. The van der Waals surface area contributed by atoms with Gasteiger partial charge in [0.2, 0.25) is 0 Å². The Morgan fingerprint density at radius 3 is 2.64 bits per heavy atom. The summed E-state index contributed by atoms with van der Waals surface area (Å²) in [4.78, 5) is 16.2. The first-order valence-electron chi connectivity index (χ1n) is 8.53. The van der Waals surface area contributed by atoms with E-state index in [-0.39, 0.29) is 28.6 Å². The standard InChI is InChI=1S/C19H27N5O/c1-18(2)8-16(9-19(3,4)24-18)22-13-15(10-20)17(25)23-12-14-6-5-7-21-11-14/h5-7,11,13,16,22,24H,8-9,12H2,1-4H3,(H,23,25)/b15-13-. The molecule has 0 aromatic carbocycles. The number of piperidine rings is 1. The maximum atomic E-state index is 12.2. The predicted molar refractivity (Wildman–Crippen MR) is 97.2 cm³/mol. The molecular weight excluding hydrogens is 314 g/mol. The van der Waals surface area contributed by atoms with Gasteiger partial charge in [-0.15, -0.1) is 0 Å². The summed E-state index contributed by atoms with van der Waals surface area (Å²) in [6.45, 7) is 9.01. The lowest BCUT2D eigenvalue weighted by molar-refractivity contribution is -0.117. The highest BCUT2D eigenvalue weighted by molar-refractivity contribution is 5.97. The van der Waals surface area contributed by atoms with E-state index in [1.165, 1.54) is 0 Å². The van der Waals surface area contributed by atoms with Crippen LogP contribution in [0.1, 0.15) is 46.1 Å². The zero-order chi connectivity index (χ0) is 18.5. The molecule has 0 unspecified atom stereocenters. The monoisotopic (exact) mass is 341 g/mol. The predicted octanol–water partition coefficient (Wildman–Crippen LogP) is 2.00. The number of carbonyl (C=O) groups excluding carboxylic acids is 1. The van der Waals surface area contributed by atoms with E-state index in [1.807, 2.05) is 18.2 Å². The molecule has 1 aromatic heterocycles. The van der Waals surface area contributed by atoms with Crippen molar-refractivity contribution < 1.29 is 4.79 Å². The number of nitrogens with one attached hydrogen (secondary N) is 3. The minimum atomic E-state index is -0.383. The molecule has 1 amide bonds. The van der Waals surface area contributed by atoms with Crippen LogP contribution in [-0.4, -0.2) is 28.0 Å². The Morgan fingerprint density at radius 1 is 1.40 bits per heavy atom. The molecule has 1 aromatic rings. The molecule has 134 valence electrons. The lowest BCUT2D eigenvalue weighted by Crippen LogP contribution is -2.61. The Labute approximate surface area is 149 Å². The van der Waals surface area contributed by atoms with Gasteiger partial charge in [-0.3, -0.25) is 9.78 Å². The zero-order valence-corrected chi connectivity index (χ0v) is 15.4. The van der Waals surface area contributed by atoms with Gasteiger partial charge in [0.25, 0.3) is 5.91 Å². The van der Waals surface area contributed by atoms with E-state index < -0.39 is 0 Å². The molecule has 0 spiro atoms. The maximum Gasteiger partial charge on any atom is 0.263 e. The molecule has 0 bridgehead atoms. The number of nitriles is 1. The van der Waals surface area contributed by atoms with Crippen LogP contribution in [0.5, 0.6) is 0 Å². The van der Waals surface area contributed by atoms with Crippen LogP contribution in [0.4, 0.5) is 0 Å². The number of amides is 1. The van der Waals surface area contributed by atoms with Crippen LogP contribution in [0.15, 0.2) is 36.3 Å². The number of pyridine rings is 1. The summed E-state index contributed by atoms with van der Waals surface area (Å²) in [6.07, 6.45) is 6.75. The van der Waals surface area contributed by atoms with E-state index >= 15 is 0 Å². The van der Waals surface area contributed by atoms with E-state index in [9.17, 15) is 10.1 Å². The quantitative estimate of drug-likeness (QED) is 0.563. The summed E-state index contributed by atoms with van der Waals surface area (Å²) < 4.78 is 0. The van der Waals surface area contributed by atoms with Gasteiger partial charge in [0.05, 0.1) is 0 Å². The van der Waals surface area contributed by atoms with Crippen LogP contribution in [0, 0.1) is 11.3 Å². The first-order valence-corrected chi connectivity index (χ1v) is 8.53. The van der Waals surface area contributed by atoms with Gasteiger partial charge in [-0.1, -0.05) is 6.07 Å². The molecule has 1 fully saturated rings. The fraction of sp³-hybridized carbons (Fsp3) is 0.526. The van der Waals surface area contributed by atoms with Crippen molar-refractivity contribution in [2.24, 2.45) is 0 Å². The molecule has 2 heterocycles. The van der Waals surface area contributed by atoms with E-state index in [1.54, 1.807) is 18.6 Å². The summed E-state index contributed by atoms with van der Waals surface area (Å²) >= 11 is 0. The van der Waals surface area contributed by atoms with Crippen LogP contribution >= 0.6 is 0 Å². The van der Waals surface area contributed by atoms with Crippen LogP contribution in [0.25, 0.3) is 0 Å². The second-order valence-electron chi connectivity index (χ2n) is 7.88. The van der Waals surface area contributed by atoms with Crippen LogP contribution in [-0.2, 0) is 11.3 Å². The normalized spacial score (nSPS) is 19.7. The minimum Gasteiger partial charge on any atom is -0.387 e. The molecule has 1 aliphatic rings. The third-order valence-corrected chi connectivity index (χ3v) is 4.19. The Hall–Kier alpha value is -2.39. The molecule has 25 heavy (non-hydrogen) atoms. The first kappa shape index (κ1) is 18.9. The molecule has 0 atom stereocenters. The lowest BCUT2D eigenvalue weighted by Gasteiger charge is -2.46. The maximum absolute atomic E-state index is 12.2. The van der Waals surface area contributed by atoms with Crippen LogP contribution < -0.4 is 16.0 Å². The topological polar surface area (TPSA) is 89.8 Å². The van der Waals surface area contributed by atoms with Crippen molar-refractivity contribution in [2.45, 2.75) is 64.2 Å². The Kier molecular flexibility index (Phi) is 5.81. The Balaban J connectivity index is 1.95. The van der Waals surface area contributed by atoms with Gasteiger partial charge in [0.15, 0.2) is 0 Å². The fourth-order valence-corrected chi connectivity index (χ4v) is 3.57. The Bertz CT molecular complexity index is 657. The van der Waals surface area contributed by atoms with E-state index in [0.717, 1.165) is 18.4 Å². The molecular formula is C19H27N5O. The number of hydrogen-bond acceptors (Lipinski definition) is 5. The highest BCUT2D eigenvalue weighted by Gasteiger charge is 2.37. The SMILES string of the molecule is CC1(C)CC(N/C=C(/C#N)C(=O)NCc2cccnc2)CC(C)(C)N1. The average molecular weight is 341 g/mol. The number of nitrogens with zero attached hydrogens (tertiary/aromatic N) is 2. The minimum absolute atomic E-state index is 0.00261. The Morgan fingerprint density at radius 2 is 2.08 bits per heavy atom. The van der Waals surface area contributed by atoms with Gasteiger partial charge in [-0.25, -0.2) is 0 Å². The zero-order valence-electron chi connectivity index (χ0n) is 15.4. The van der Waals surface area contributed by atoms with Crippen molar-refractivity contribution in [3.8, 4) is 6.07 Å². The lowest BCUT2D eigenvalue weighted by atomic mass is 9.80. The van der Waals surface area contributed by atoms with Crippen LogP contribution in [0.3, 0.4) is 0 Å². The van der Waals surface area contributed by atoms with Gasteiger partial charge in [-0.2, -0.15) is 5.26 Å². The van der Waals surface area contributed by atoms with Gasteiger partial charge in [0, 0.05) is 42.3 Å². The van der Waals surface area contributed by atoms with Gasteiger partial charge >= 0.3 is 0 Å². The van der Waals surface area contributed by atoms with Crippen molar-refractivity contribution in [3.05, 3.63) is 41.9 Å². The highest BCUT2D eigenvalue weighted by Crippen LogP contribution is 2.28. The molecule has 1 aliphatic heterocycles. The molecule has 6 nitrogen and oxygen atoms in total. The number of hydrogen-bond donors (Lipinski definition) is 3. The molecule has 1 saturated heterocycles. The van der Waals surface area contributed by atoms with Gasteiger partial charge in [-0.05, 0) is 52.2 Å².